The summed E-state index contributed by atoms with van der Waals surface area (Å²) in [6, 6.07) is 16.2. The molecule has 1 aliphatic heterocycles. The molecule has 39 heavy (non-hydrogen) atoms. The first-order valence-corrected chi connectivity index (χ1v) is 13.7. The number of amidine groups is 1. The van der Waals surface area contributed by atoms with Crippen molar-refractivity contribution in [3.63, 3.8) is 0 Å². The fraction of sp³-hybridized carbons (Fsp3) is 0.323. The number of aliphatic imine (C=N–C) groups is 1. The summed E-state index contributed by atoms with van der Waals surface area (Å²) in [7, 11) is 3.94. The molecule has 0 aliphatic carbocycles. The second-order valence-corrected chi connectivity index (χ2v) is 10.9. The molecule has 0 spiro atoms. The van der Waals surface area contributed by atoms with E-state index in [2.05, 4.69) is 59.9 Å². The maximum absolute atomic E-state index is 13.0. The molecule has 5 rings (SSSR count). The van der Waals surface area contributed by atoms with Crippen LogP contribution in [0.5, 0.6) is 0 Å². The van der Waals surface area contributed by atoms with Gasteiger partial charge in [-0.25, -0.2) is 0 Å². The Bertz CT molecular complexity index is 1530. The molecule has 1 N–H and O–H groups in total. The van der Waals surface area contributed by atoms with Crippen LogP contribution in [0.25, 0.3) is 22.0 Å². The maximum atomic E-state index is 13.0. The summed E-state index contributed by atoms with van der Waals surface area (Å²) in [6.07, 6.45) is 2.73. The zero-order valence-corrected chi connectivity index (χ0v) is 24.0. The number of aromatic nitrogens is 2. The molecule has 1 fully saturated rings. The fourth-order valence-electron chi connectivity index (χ4n) is 5.50. The highest BCUT2D eigenvalue weighted by Crippen LogP contribution is 2.42. The Morgan fingerprint density at radius 3 is 2.54 bits per heavy atom. The number of fused-ring (bicyclic) bond motifs is 1. The molecule has 0 unspecified atom stereocenters. The smallest absolute Gasteiger partial charge is 0.218 e. The van der Waals surface area contributed by atoms with Gasteiger partial charge in [-0.15, -0.1) is 0 Å². The van der Waals surface area contributed by atoms with Crippen LogP contribution in [0.4, 0.5) is 11.4 Å². The Hall–Kier alpha value is -3.68. The van der Waals surface area contributed by atoms with Crippen molar-refractivity contribution in [2.24, 2.45) is 4.99 Å². The standard InChI is InChI=1S/C31H35ClN6O/c1-20(2)22-8-6-7-9-28(22)38(19-39)29-17-23(30-21(3)10-11-27-25(30)18-34-35-27)26(32)16-24(29)31(33-4)37-14-12-36(5)13-15-37/h6-11,16-20H,12-15H2,1-5H3,(H,34,35)/b33-31+. The molecule has 3 aromatic carbocycles. The maximum Gasteiger partial charge on any atom is 0.218 e. The molecule has 7 nitrogen and oxygen atoms in total. The van der Waals surface area contributed by atoms with Crippen LogP contribution in [0, 0.1) is 6.92 Å². The van der Waals surface area contributed by atoms with Gasteiger partial charge < -0.3 is 9.80 Å². The number of para-hydroxylation sites is 1. The number of amides is 1. The van der Waals surface area contributed by atoms with Crippen molar-refractivity contribution >= 4 is 46.1 Å². The Morgan fingerprint density at radius 1 is 1.10 bits per heavy atom. The number of rotatable bonds is 6. The number of aryl methyl sites for hydroxylation is 1. The molecule has 2 heterocycles. The molecule has 0 atom stereocenters. The van der Waals surface area contributed by atoms with E-state index >= 15 is 0 Å². The van der Waals surface area contributed by atoms with Gasteiger partial charge in [0.1, 0.15) is 5.84 Å². The van der Waals surface area contributed by atoms with Crippen LogP contribution in [-0.4, -0.2) is 72.5 Å². The molecule has 1 aromatic heterocycles. The Kier molecular flexibility index (Phi) is 7.73. The monoisotopic (exact) mass is 542 g/mol. The van der Waals surface area contributed by atoms with E-state index in [-0.39, 0.29) is 5.92 Å². The summed E-state index contributed by atoms with van der Waals surface area (Å²) >= 11 is 7.09. The first kappa shape index (κ1) is 26.9. The zero-order chi connectivity index (χ0) is 27.7. The van der Waals surface area contributed by atoms with E-state index in [4.69, 9.17) is 16.6 Å². The van der Waals surface area contributed by atoms with Crippen LogP contribution < -0.4 is 4.90 Å². The van der Waals surface area contributed by atoms with Crippen molar-refractivity contribution in [2.45, 2.75) is 26.7 Å². The van der Waals surface area contributed by atoms with E-state index in [0.29, 0.717) is 5.02 Å². The lowest BCUT2D eigenvalue weighted by molar-refractivity contribution is -0.106. The van der Waals surface area contributed by atoms with E-state index in [1.54, 1.807) is 4.90 Å². The minimum absolute atomic E-state index is 0.234. The van der Waals surface area contributed by atoms with E-state index in [1.165, 1.54) is 0 Å². The largest absolute Gasteiger partial charge is 0.354 e. The molecule has 0 bridgehead atoms. The highest BCUT2D eigenvalue weighted by molar-refractivity contribution is 6.34. The van der Waals surface area contributed by atoms with E-state index < -0.39 is 0 Å². The molecule has 0 radical (unpaired) electrons. The highest BCUT2D eigenvalue weighted by atomic mass is 35.5. The van der Waals surface area contributed by atoms with Crippen LogP contribution in [0.1, 0.15) is 36.5 Å². The van der Waals surface area contributed by atoms with Crippen molar-refractivity contribution in [1.29, 1.82) is 0 Å². The number of piperazine rings is 1. The Balaban J connectivity index is 1.77. The molecule has 4 aromatic rings. The minimum Gasteiger partial charge on any atom is -0.354 e. The number of hydrogen-bond acceptors (Lipinski definition) is 4. The Labute approximate surface area is 235 Å². The summed E-state index contributed by atoms with van der Waals surface area (Å²) in [5.74, 6) is 1.07. The van der Waals surface area contributed by atoms with Crippen LogP contribution in [0.3, 0.4) is 0 Å². The van der Waals surface area contributed by atoms with Crippen molar-refractivity contribution in [1.82, 2.24) is 20.0 Å². The molecule has 202 valence electrons. The quantitative estimate of drug-likeness (QED) is 0.178. The van der Waals surface area contributed by atoms with Gasteiger partial charge in [0, 0.05) is 54.8 Å². The lowest BCUT2D eigenvalue weighted by atomic mass is 9.94. The molecular weight excluding hydrogens is 508 g/mol. The summed E-state index contributed by atoms with van der Waals surface area (Å²) in [5, 5.41) is 8.93. The van der Waals surface area contributed by atoms with Gasteiger partial charge in [-0.2, -0.15) is 5.10 Å². The topological polar surface area (TPSA) is 67.8 Å². The number of nitrogens with zero attached hydrogens (tertiary/aromatic N) is 5. The summed E-state index contributed by atoms with van der Waals surface area (Å²) in [6.45, 7) is 9.92. The van der Waals surface area contributed by atoms with E-state index in [0.717, 1.165) is 88.5 Å². The number of aromatic amines is 1. The van der Waals surface area contributed by atoms with Gasteiger partial charge in [0.2, 0.25) is 6.41 Å². The first-order chi connectivity index (χ1) is 18.8. The molecular formula is C31H35ClN6O. The average Bonchev–Trinajstić information content (AvgIpc) is 3.41. The molecule has 1 amide bonds. The van der Waals surface area contributed by atoms with Crippen LogP contribution in [0.15, 0.2) is 59.7 Å². The normalized spacial score (nSPS) is 14.8. The number of H-pyrrole nitrogens is 1. The summed E-state index contributed by atoms with van der Waals surface area (Å²) < 4.78 is 0. The van der Waals surface area contributed by atoms with Crippen molar-refractivity contribution in [3.8, 4) is 11.1 Å². The zero-order valence-electron chi connectivity index (χ0n) is 23.2. The van der Waals surface area contributed by atoms with Crippen molar-refractivity contribution in [2.75, 3.05) is 45.2 Å². The predicted molar refractivity (Wildman–Crippen MR) is 162 cm³/mol. The van der Waals surface area contributed by atoms with Gasteiger partial charge in [-0.1, -0.05) is 49.7 Å². The number of carbonyl (C=O) groups excluding carboxylic acids is 1. The lowest BCUT2D eigenvalue weighted by Gasteiger charge is -2.36. The second-order valence-electron chi connectivity index (χ2n) is 10.5. The summed E-state index contributed by atoms with van der Waals surface area (Å²) in [4.78, 5) is 24.0. The lowest BCUT2D eigenvalue weighted by Crippen LogP contribution is -2.47. The molecule has 1 saturated heterocycles. The van der Waals surface area contributed by atoms with Crippen molar-refractivity contribution < 1.29 is 4.79 Å². The number of carbonyl (C=O) groups is 1. The summed E-state index contributed by atoms with van der Waals surface area (Å²) in [5.41, 5.74) is 7.38. The molecule has 8 heteroatoms. The number of nitrogens with one attached hydrogen (secondary N) is 1. The molecule has 0 saturated carbocycles. The minimum atomic E-state index is 0.234. The average molecular weight is 543 g/mol. The number of benzene rings is 3. The first-order valence-electron chi connectivity index (χ1n) is 13.3. The molecule has 1 aliphatic rings. The SMILES string of the molecule is C/N=C(\c1cc(Cl)c(-c2c(C)ccc3[nH]ncc23)cc1N(C=O)c1ccccc1C(C)C)N1CCN(C)CC1. The number of hydrogen-bond donors (Lipinski definition) is 1. The van der Waals surface area contributed by atoms with Crippen LogP contribution >= 0.6 is 11.6 Å². The van der Waals surface area contributed by atoms with Crippen molar-refractivity contribution in [3.05, 3.63) is 76.4 Å². The van der Waals surface area contributed by atoms with E-state index in [9.17, 15) is 4.79 Å². The third-order valence-corrected chi connectivity index (χ3v) is 7.94. The Morgan fingerprint density at radius 2 is 1.85 bits per heavy atom. The van der Waals surface area contributed by atoms with Crippen LogP contribution in [0.2, 0.25) is 5.02 Å². The van der Waals surface area contributed by atoms with Gasteiger partial charge in [0.25, 0.3) is 0 Å². The number of halogens is 1. The van der Waals surface area contributed by atoms with E-state index in [1.807, 2.05) is 49.6 Å². The third-order valence-electron chi connectivity index (χ3n) is 7.63. The van der Waals surface area contributed by atoms with Gasteiger partial charge in [-0.3, -0.25) is 19.8 Å². The predicted octanol–water partition coefficient (Wildman–Crippen LogP) is 6.23. The highest BCUT2D eigenvalue weighted by Gasteiger charge is 2.27. The van der Waals surface area contributed by atoms with Gasteiger partial charge in [0.05, 0.1) is 23.1 Å². The second kappa shape index (κ2) is 11.2. The number of anilines is 2. The number of likely N-dealkylation sites (N-methyl/N-ethyl adjacent to an activating group) is 1. The van der Waals surface area contributed by atoms with Gasteiger partial charge in [0.15, 0.2) is 0 Å². The van der Waals surface area contributed by atoms with Crippen LogP contribution in [-0.2, 0) is 4.79 Å². The fourth-order valence-corrected chi connectivity index (χ4v) is 5.76. The van der Waals surface area contributed by atoms with Gasteiger partial charge in [-0.05, 0) is 60.8 Å². The third kappa shape index (κ3) is 5.04. The van der Waals surface area contributed by atoms with Gasteiger partial charge >= 0.3 is 0 Å².